The maximum absolute atomic E-state index is 13.7. The fourth-order valence-corrected chi connectivity index (χ4v) is 2.86. The van der Waals surface area contributed by atoms with Crippen LogP contribution in [0.3, 0.4) is 0 Å². The molecule has 0 saturated carbocycles. The summed E-state index contributed by atoms with van der Waals surface area (Å²) in [7, 11) is 0. The number of nitrogens with zero attached hydrogens (tertiary/aromatic N) is 1. The van der Waals surface area contributed by atoms with E-state index in [1.165, 1.54) is 23.1 Å². The number of piperidine rings is 1. The lowest BCUT2D eigenvalue weighted by atomic mass is 9.94. The third-order valence-electron chi connectivity index (χ3n) is 3.88. The minimum Gasteiger partial charge on any atom is -0.384 e. The van der Waals surface area contributed by atoms with Crippen LogP contribution in [-0.4, -0.2) is 17.3 Å². The van der Waals surface area contributed by atoms with E-state index in [9.17, 15) is 13.6 Å². The lowest BCUT2D eigenvalue weighted by Gasteiger charge is -2.30. The summed E-state index contributed by atoms with van der Waals surface area (Å²) in [5.74, 6) is -0.850. The van der Waals surface area contributed by atoms with Gasteiger partial charge in [-0.2, -0.15) is 4.74 Å². The summed E-state index contributed by atoms with van der Waals surface area (Å²) < 4.78 is 33.4. The molecule has 2 heterocycles. The molecule has 21 heavy (non-hydrogen) atoms. The highest BCUT2D eigenvalue weighted by Gasteiger charge is 2.25. The largest absolute Gasteiger partial charge is 0.384 e. The van der Waals surface area contributed by atoms with E-state index in [-0.39, 0.29) is 17.6 Å². The fourth-order valence-electron chi connectivity index (χ4n) is 2.86. The summed E-state index contributed by atoms with van der Waals surface area (Å²) in [6.45, 7) is 0.708. The molecular formula is C15H16F2N2O2. The molecule has 1 fully saturated rings. The predicted molar refractivity (Wildman–Crippen MR) is 73.1 cm³/mol. The zero-order chi connectivity index (χ0) is 14.8. The van der Waals surface area contributed by atoms with Crippen molar-refractivity contribution in [2.24, 2.45) is 0 Å². The summed E-state index contributed by atoms with van der Waals surface area (Å²) >= 11 is 0. The molecule has 0 radical (unpaired) electrons. The van der Waals surface area contributed by atoms with Crippen LogP contribution >= 0.6 is 0 Å². The molecule has 0 bridgehead atoms. The highest BCUT2D eigenvalue weighted by Crippen LogP contribution is 2.23. The molecule has 1 aliphatic heterocycles. The number of halogens is 2. The molecular weight excluding hydrogens is 278 g/mol. The van der Waals surface area contributed by atoms with Gasteiger partial charge in [0.1, 0.15) is 17.9 Å². The molecule has 1 saturated heterocycles. The van der Waals surface area contributed by atoms with Gasteiger partial charge in [0.05, 0.1) is 6.04 Å². The number of nitrogens with one attached hydrogen (secondary N) is 1. The van der Waals surface area contributed by atoms with Crippen molar-refractivity contribution in [2.45, 2.75) is 31.3 Å². The minimum atomic E-state index is -0.444. The molecule has 0 unspecified atom stereocenters. The monoisotopic (exact) mass is 294 g/mol. The number of rotatable bonds is 3. The fraction of sp³-hybridized carbons (Fsp3) is 0.400. The second-order valence-electron chi connectivity index (χ2n) is 5.34. The Hall–Kier alpha value is -1.95. The van der Waals surface area contributed by atoms with Crippen LogP contribution < -0.4 is 10.9 Å². The highest BCUT2D eigenvalue weighted by atomic mass is 19.1. The lowest BCUT2D eigenvalue weighted by molar-refractivity contribution is 0.160. The molecule has 112 valence electrons. The molecule has 0 amide bonds. The number of aromatic nitrogens is 1. The van der Waals surface area contributed by atoms with Gasteiger partial charge in [-0.15, -0.1) is 0 Å². The Bertz CT molecular complexity index is 680. The van der Waals surface area contributed by atoms with E-state index in [1.807, 2.05) is 0 Å². The van der Waals surface area contributed by atoms with Crippen LogP contribution in [0.1, 0.15) is 24.4 Å². The first kappa shape index (κ1) is 14.0. The molecule has 1 N–H and O–H groups in total. The summed E-state index contributed by atoms with van der Waals surface area (Å²) in [5.41, 5.74) is 0.178. The van der Waals surface area contributed by atoms with Gasteiger partial charge in [-0.05, 0) is 49.6 Å². The topological polar surface area (TPSA) is 47.2 Å². The maximum atomic E-state index is 13.7. The third kappa shape index (κ3) is 3.05. The average Bonchev–Trinajstić information content (AvgIpc) is 2.89. The van der Waals surface area contributed by atoms with Crippen LogP contribution in [0, 0.1) is 11.6 Å². The number of benzene rings is 1. The van der Waals surface area contributed by atoms with Crippen LogP contribution in [0.2, 0.25) is 0 Å². The average molecular weight is 294 g/mol. The van der Waals surface area contributed by atoms with Crippen molar-refractivity contribution in [1.82, 2.24) is 10.1 Å². The predicted octanol–water partition coefficient (Wildman–Crippen LogP) is 2.26. The number of hydrogen-bond donors (Lipinski definition) is 1. The van der Waals surface area contributed by atoms with Gasteiger partial charge < -0.3 is 9.84 Å². The van der Waals surface area contributed by atoms with E-state index in [2.05, 4.69) is 5.32 Å². The molecule has 4 nitrogen and oxygen atoms in total. The summed E-state index contributed by atoms with van der Waals surface area (Å²) in [5, 5.41) is 3.28. The highest BCUT2D eigenvalue weighted by molar-refractivity contribution is 5.20. The first-order valence-corrected chi connectivity index (χ1v) is 6.97. The van der Waals surface area contributed by atoms with Gasteiger partial charge in [0.2, 0.25) is 0 Å². The van der Waals surface area contributed by atoms with Crippen molar-refractivity contribution < 1.29 is 13.3 Å². The van der Waals surface area contributed by atoms with E-state index in [0.717, 1.165) is 18.6 Å². The molecule has 2 aromatic rings. The Balaban J connectivity index is 1.73. The van der Waals surface area contributed by atoms with Crippen LogP contribution in [0.15, 0.2) is 39.8 Å². The Morgan fingerprint density at radius 3 is 2.95 bits per heavy atom. The lowest BCUT2D eigenvalue weighted by Crippen LogP contribution is -2.41. The number of hydrogen-bond acceptors (Lipinski definition) is 3. The van der Waals surface area contributed by atoms with Crippen molar-refractivity contribution in [1.29, 1.82) is 0 Å². The normalized spacial score (nSPS) is 22.4. The van der Waals surface area contributed by atoms with Gasteiger partial charge in [0.15, 0.2) is 0 Å². The zero-order valence-electron chi connectivity index (χ0n) is 11.4. The first-order chi connectivity index (χ1) is 10.1. The Morgan fingerprint density at radius 1 is 1.33 bits per heavy atom. The van der Waals surface area contributed by atoms with Gasteiger partial charge in [-0.25, -0.2) is 8.78 Å². The van der Waals surface area contributed by atoms with Crippen molar-refractivity contribution in [3.05, 3.63) is 58.1 Å². The van der Waals surface area contributed by atoms with Gasteiger partial charge in [-0.1, -0.05) is 0 Å². The molecule has 0 spiro atoms. The van der Waals surface area contributed by atoms with Crippen molar-refractivity contribution in [2.75, 3.05) is 6.54 Å². The third-order valence-corrected chi connectivity index (χ3v) is 3.88. The zero-order valence-corrected chi connectivity index (χ0v) is 11.4. The van der Waals surface area contributed by atoms with Crippen LogP contribution in [0.4, 0.5) is 8.78 Å². The van der Waals surface area contributed by atoms with E-state index in [1.54, 1.807) is 0 Å². The second-order valence-corrected chi connectivity index (χ2v) is 5.34. The van der Waals surface area contributed by atoms with E-state index in [4.69, 9.17) is 4.52 Å². The molecule has 0 aliphatic carbocycles. The minimum absolute atomic E-state index is 0.0166. The van der Waals surface area contributed by atoms with E-state index in [0.29, 0.717) is 24.9 Å². The maximum Gasteiger partial charge on any atom is 0.282 e. The Morgan fingerprint density at radius 2 is 2.19 bits per heavy atom. The molecule has 3 rings (SSSR count). The SMILES string of the molecule is O=c1ccon1[C@H]1CCN[C@H](Cc2cc(F)ccc2F)C1. The summed E-state index contributed by atoms with van der Waals surface area (Å²) in [4.78, 5) is 11.6. The Kier molecular flexibility index (Phi) is 3.88. The van der Waals surface area contributed by atoms with Gasteiger partial charge >= 0.3 is 0 Å². The van der Waals surface area contributed by atoms with Crippen LogP contribution in [0.5, 0.6) is 0 Å². The van der Waals surface area contributed by atoms with Crippen LogP contribution in [-0.2, 0) is 6.42 Å². The van der Waals surface area contributed by atoms with Gasteiger partial charge in [0.25, 0.3) is 5.56 Å². The molecule has 1 aromatic heterocycles. The van der Waals surface area contributed by atoms with Gasteiger partial charge in [0, 0.05) is 12.1 Å². The second kappa shape index (κ2) is 5.81. The molecule has 2 atom stereocenters. The molecule has 6 heteroatoms. The smallest absolute Gasteiger partial charge is 0.282 e. The molecule has 1 aromatic carbocycles. The van der Waals surface area contributed by atoms with Crippen molar-refractivity contribution >= 4 is 0 Å². The Labute approximate surface area is 120 Å². The van der Waals surface area contributed by atoms with E-state index >= 15 is 0 Å². The summed E-state index contributed by atoms with van der Waals surface area (Å²) in [6.07, 6.45) is 3.17. The first-order valence-electron chi connectivity index (χ1n) is 6.97. The van der Waals surface area contributed by atoms with Gasteiger partial charge in [-0.3, -0.25) is 4.79 Å². The van der Waals surface area contributed by atoms with E-state index < -0.39 is 11.6 Å². The molecule has 1 aliphatic rings. The quantitative estimate of drug-likeness (QED) is 0.944. The van der Waals surface area contributed by atoms with Crippen molar-refractivity contribution in [3.8, 4) is 0 Å². The van der Waals surface area contributed by atoms with Crippen LogP contribution in [0.25, 0.3) is 0 Å². The standard InChI is InChI=1S/C15H16F2N2O2/c16-11-1-2-14(17)10(7-11)8-12-9-13(3-5-18-12)19-15(20)4-6-21-19/h1-2,4,6-7,12-13,18H,3,5,8-9H2/t12-,13+/m1/s1. The van der Waals surface area contributed by atoms with Crippen molar-refractivity contribution in [3.63, 3.8) is 0 Å². The summed E-state index contributed by atoms with van der Waals surface area (Å²) in [6, 6.07) is 4.79.